The Morgan fingerprint density at radius 2 is 2.00 bits per heavy atom. The molecule has 26 heavy (non-hydrogen) atoms. The molecule has 1 aliphatic rings. The minimum Gasteiger partial charge on any atom is -0.342 e. The van der Waals surface area contributed by atoms with Crippen LogP contribution in [0.4, 0.5) is 0 Å². The highest BCUT2D eigenvalue weighted by molar-refractivity contribution is 7.09. The molecule has 1 unspecified atom stereocenters. The van der Waals surface area contributed by atoms with Crippen molar-refractivity contribution in [2.75, 3.05) is 13.1 Å². The SMILES string of the molecule is C.CCC(CC)C(=O)N1CCCC(c2nc(CCC(=O)C(C)C)cs2)C1. The van der Waals surface area contributed by atoms with Crippen molar-refractivity contribution in [3.8, 4) is 0 Å². The van der Waals surface area contributed by atoms with E-state index in [1.807, 2.05) is 13.8 Å². The number of piperidine rings is 1. The number of aromatic nitrogens is 1. The maximum Gasteiger partial charge on any atom is 0.225 e. The summed E-state index contributed by atoms with van der Waals surface area (Å²) in [6.07, 6.45) is 5.30. The molecule has 0 radical (unpaired) electrons. The zero-order valence-corrected chi connectivity index (χ0v) is 16.9. The molecule has 4 nitrogen and oxygen atoms in total. The number of carbonyl (C=O) groups is 2. The van der Waals surface area contributed by atoms with Crippen LogP contribution in [-0.2, 0) is 16.0 Å². The molecule has 0 aliphatic carbocycles. The molecule has 2 rings (SSSR count). The average molecular weight is 381 g/mol. The molecule has 2 heterocycles. The zero-order valence-electron chi connectivity index (χ0n) is 16.1. The van der Waals surface area contributed by atoms with Gasteiger partial charge in [0, 0.05) is 42.6 Å². The molecule has 1 aromatic heterocycles. The summed E-state index contributed by atoms with van der Waals surface area (Å²) in [5.74, 6) is 1.23. The van der Waals surface area contributed by atoms with E-state index in [9.17, 15) is 9.59 Å². The lowest BCUT2D eigenvalue weighted by Gasteiger charge is -2.34. The van der Waals surface area contributed by atoms with Gasteiger partial charge in [-0.2, -0.15) is 0 Å². The van der Waals surface area contributed by atoms with Crippen LogP contribution in [0.3, 0.4) is 0 Å². The fraction of sp³-hybridized carbons (Fsp3) is 0.762. The van der Waals surface area contributed by atoms with E-state index < -0.39 is 0 Å². The van der Waals surface area contributed by atoms with E-state index in [4.69, 9.17) is 4.98 Å². The average Bonchev–Trinajstić information content (AvgIpc) is 3.09. The summed E-state index contributed by atoms with van der Waals surface area (Å²) in [6.45, 7) is 9.77. The molecule has 0 spiro atoms. The Labute approximate surface area is 163 Å². The van der Waals surface area contributed by atoms with Crippen LogP contribution in [0.15, 0.2) is 5.38 Å². The topological polar surface area (TPSA) is 50.3 Å². The van der Waals surface area contributed by atoms with E-state index in [1.165, 1.54) is 0 Å². The first-order chi connectivity index (χ1) is 12.0. The summed E-state index contributed by atoms with van der Waals surface area (Å²) in [5.41, 5.74) is 1.03. The largest absolute Gasteiger partial charge is 0.342 e. The molecule has 1 atom stereocenters. The maximum atomic E-state index is 12.7. The van der Waals surface area contributed by atoms with Crippen molar-refractivity contribution >= 4 is 23.0 Å². The van der Waals surface area contributed by atoms with Crippen LogP contribution in [-0.4, -0.2) is 34.7 Å². The van der Waals surface area contributed by atoms with Gasteiger partial charge in [-0.3, -0.25) is 9.59 Å². The van der Waals surface area contributed by atoms with Gasteiger partial charge in [-0.1, -0.05) is 35.1 Å². The first kappa shape index (κ1) is 22.8. The van der Waals surface area contributed by atoms with Crippen LogP contribution >= 0.6 is 11.3 Å². The molecular weight excluding hydrogens is 344 g/mol. The van der Waals surface area contributed by atoms with Crippen molar-refractivity contribution in [2.24, 2.45) is 11.8 Å². The van der Waals surface area contributed by atoms with Crippen molar-refractivity contribution in [2.45, 2.75) is 79.6 Å². The van der Waals surface area contributed by atoms with Gasteiger partial charge in [0.1, 0.15) is 5.78 Å². The molecule has 0 bridgehead atoms. The molecule has 1 aromatic rings. The predicted octanol–water partition coefficient (Wildman–Crippen LogP) is 5.08. The van der Waals surface area contributed by atoms with Gasteiger partial charge in [0.25, 0.3) is 0 Å². The number of amides is 1. The van der Waals surface area contributed by atoms with Crippen LogP contribution in [0.5, 0.6) is 0 Å². The summed E-state index contributed by atoms with van der Waals surface area (Å²) in [6, 6.07) is 0. The summed E-state index contributed by atoms with van der Waals surface area (Å²) < 4.78 is 0. The van der Waals surface area contributed by atoms with Crippen LogP contribution in [0.2, 0.25) is 0 Å². The minimum atomic E-state index is 0. The molecule has 0 N–H and O–H groups in total. The van der Waals surface area contributed by atoms with Crippen molar-refractivity contribution < 1.29 is 9.59 Å². The Kier molecular flexibility index (Phi) is 9.48. The molecule has 148 valence electrons. The summed E-state index contributed by atoms with van der Waals surface area (Å²) in [5, 5.41) is 3.22. The molecule has 1 saturated heterocycles. The van der Waals surface area contributed by atoms with Gasteiger partial charge < -0.3 is 4.90 Å². The molecule has 0 saturated carbocycles. The Hall–Kier alpha value is -1.23. The molecular formula is C21H36N2O2S. The number of aryl methyl sites for hydroxylation is 1. The third-order valence-corrected chi connectivity index (χ3v) is 6.31. The molecule has 0 aromatic carbocycles. The highest BCUT2D eigenvalue weighted by Crippen LogP contribution is 2.30. The van der Waals surface area contributed by atoms with Crippen molar-refractivity contribution in [3.63, 3.8) is 0 Å². The van der Waals surface area contributed by atoms with Gasteiger partial charge in [-0.05, 0) is 32.1 Å². The first-order valence-electron chi connectivity index (χ1n) is 9.72. The van der Waals surface area contributed by atoms with E-state index in [0.29, 0.717) is 24.0 Å². The van der Waals surface area contributed by atoms with Crippen LogP contribution in [0, 0.1) is 11.8 Å². The van der Waals surface area contributed by atoms with E-state index in [2.05, 4.69) is 24.1 Å². The minimum absolute atomic E-state index is 0. The monoisotopic (exact) mass is 380 g/mol. The van der Waals surface area contributed by atoms with E-state index in [1.54, 1.807) is 11.3 Å². The lowest BCUT2D eigenvalue weighted by atomic mass is 9.95. The third kappa shape index (κ3) is 5.90. The number of carbonyl (C=O) groups excluding carboxylic acids is 2. The second-order valence-electron chi connectivity index (χ2n) is 7.43. The molecule has 1 amide bonds. The smallest absolute Gasteiger partial charge is 0.225 e. The Morgan fingerprint density at radius 1 is 1.31 bits per heavy atom. The Morgan fingerprint density at radius 3 is 2.62 bits per heavy atom. The van der Waals surface area contributed by atoms with E-state index >= 15 is 0 Å². The van der Waals surface area contributed by atoms with Crippen molar-refractivity contribution in [3.05, 3.63) is 16.1 Å². The zero-order chi connectivity index (χ0) is 18.4. The fourth-order valence-electron chi connectivity index (χ4n) is 3.44. The number of rotatable bonds is 8. The molecule has 1 aliphatic heterocycles. The predicted molar refractivity (Wildman–Crippen MR) is 110 cm³/mol. The second-order valence-corrected chi connectivity index (χ2v) is 8.32. The lowest BCUT2D eigenvalue weighted by molar-refractivity contribution is -0.137. The maximum absolute atomic E-state index is 12.7. The fourth-order valence-corrected chi connectivity index (χ4v) is 4.42. The number of nitrogens with zero attached hydrogens (tertiary/aromatic N) is 2. The van der Waals surface area contributed by atoms with Crippen molar-refractivity contribution in [1.82, 2.24) is 9.88 Å². The molecule has 5 heteroatoms. The van der Waals surface area contributed by atoms with Gasteiger partial charge in [0.05, 0.1) is 10.7 Å². The second kappa shape index (κ2) is 10.8. The van der Waals surface area contributed by atoms with Gasteiger partial charge in [0.15, 0.2) is 0 Å². The number of ketones is 1. The Bertz CT molecular complexity index is 578. The quantitative estimate of drug-likeness (QED) is 0.632. The van der Waals surface area contributed by atoms with Gasteiger partial charge in [0.2, 0.25) is 5.91 Å². The first-order valence-corrected chi connectivity index (χ1v) is 10.6. The van der Waals surface area contributed by atoms with E-state index in [-0.39, 0.29) is 19.3 Å². The standard InChI is InChI=1S/C20H32N2O2S.CH4/c1-5-15(6-2)20(24)22-11-7-8-16(12-22)19-21-17(13-25-19)9-10-18(23)14(3)4;/h13-16H,5-12H2,1-4H3;1H4. The summed E-state index contributed by atoms with van der Waals surface area (Å²) >= 11 is 1.69. The lowest BCUT2D eigenvalue weighted by Crippen LogP contribution is -2.42. The van der Waals surface area contributed by atoms with Gasteiger partial charge in [-0.15, -0.1) is 11.3 Å². The summed E-state index contributed by atoms with van der Waals surface area (Å²) in [7, 11) is 0. The number of hydrogen-bond acceptors (Lipinski definition) is 4. The van der Waals surface area contributed by atoms with Crippen LogP contribution in [0.25, 0.3) is 0 Å². The third-order valence-electron chi connectivity index (χ3n) is 5.26. The Balaban J connectivity index is 0.00000338. The van der Waals surface area contributed by atoms with Crippen LogP contribution in [0.1, 0.15) is 83.8 Å². The summed E-state index contributed by atoms with van der Waals surface area (Å²) in [4.78, 5) is 31.3. The highest BCUT2D eigenvalue weighted by Gasteiger charge is 2.29. The highest BCUT2D eigenvalue weighted by atomic mass is 32.1. The number of thiazole rings is 1. The number of Topliss-reactive ketones (excluding diaryl/α,β-unsaturated/α-hetero) is 1. The van der Waals surface area contributed by atoms with Crippen molar-refractivity contribution in [1.29, 1.82) is 0 Å². The van der Waals surface area contributed by atoms with Gasteiger partial charge in [-0.25, -0.2) is 4.98 Å². The van der Waals surface area contributed by atoms with E-state index in [0.717, 1.165) is 55.9 Å². The van der Waals surface area contributed by atoms with Crippen LogP contribution < -0.4 is 0 Å². The number of hydrogen-bond donors (Lipinski definition) is 0. The number of likely N-dealkylation sites (tertiary alicyclic amines) is 1. The normalized spacial score (nSPS) is 17.5. The molecule has 1 fully saturated rings. The van der Waals surface area contributed by atoms with Gasteiger partial charge >= 0.3 is 0 Å².